The summed E-state index contributed by atoms with van der Waals surface area (Å²) < 4.78 is 0. The summed E-state index contributed by atoms with van der Waals surface area (Å²) in [6.07, 6.45) is 3.42. The van der Waals surface area contributed by atoms with Crippen LogP contribution in [-0.4, -0.2) is 24.6 Å². The average Bonchev–Trinajstić information content (AvgIpc) is 2.99. The van der Waals surface area contributed by atoms with Crippen molar-refractivity contribution in [2.45, 2.75) is 13.0 Å². The van der Waals surface area contributed by atoms with Gasteiger partial charge in [0, 0.05) is 23.6 Å². The van der Waals surface area contributed by atoms with E-state index in [1.165, 1.54) is 36.0 Å². The Hall–Kier alpha value is -1.32. The third-order valence-corrected chi connectivity index (χ3v) is 3.59. The highest BCUT2D eigenvalue weighted by molar-refractivity contribution is 5.82. The van der Waals surface area contributed by atoms with Crippen molar-refractivity contribution in [2.24, 2.45) is 5.92 Å². The average molecular weight is 229 g/mol. The molecule has 0 amide bonds. The van der Waals surface area contributed by atoms with Gasteiger partial charge >= 0.3 is 0 Å². The molecule has 17 heavy (non-hydrogen) atoms. The minimum atomic E-state index is 0.806. The van der Waals surface area contributed by atoms with Gasteiger partial charge < -0.3 is 15.6 Å². The summed E-state index contributed by atoms with van der Waals surface area (Å²) >= 11 is 0. The summed E-state index contributed by atoms with van der Waals surface area (Å²) in [5, 5.41) is 8.30. The molecule has 1 aromatic heterocycles. The summed E-state index contributed by atoms with van der Waals surface area (Å²) in [4.78, 5) is 3.31. The maximum atomic E-state index is 3.56. The summed E-state index contributed by atoms with van der Waals surface area (Å²) in [5.74, 6) is 0.806. The molecule has 0 spiro atoms. The van der Waals surface area contributed by atoms with Crippen LogP contribution in [-0.2, 0) is 6.54 Å². The van der Waals surface area contributed by atoms with E-state index in [2.05, 4.69) is 46.1 Å². The fourth-order valence-corrected chi connectivity index (χ4v) is 2.58. The van der Waals surface area contributed by atoms with Crippen molar-refractivity contribution in [3.05, 3.63) is 36.0 Å². The number of rotatable bonds is 4. The second-order valence-corrected chi connectivity index (χ2v) is 4.85. The smallest absolute Gasteiger partial charge is 0.0457 e. The van der Waals surface area contributed by atoms with Gasteiger partial charge in [0.15, 0.2) is 0 Å². The molecule has 0 saturated carbocycles. The predicted octanol–water partition coefficient (Wildman–Crippen LogP) is 1.87. The van der Waals surface area contributed by atoms with Crippen LogP contribution in [0.4, 0.5) is 0 Å². The Kier molecular flexibility index (Phi) is 3.12. The Morgan fingerprint density at radius 3 is 3.12 bits per heavy atom. The lowest BCUT2D eigenvalue weighted by molar-refractivity contribution is 0.513. The van der Waals surface area contributed by atoms with Crippen LogP contribution in [0.5, 0.6) is 0 Å². The Morgan fingerprint density at radius 2 is 2.24 bits per heavy atom. The van der Waals surface area contributed by atoms with Gasteiger partial charge in [-0.2, -0.15) is 0 Å². The fraction of sp³-hybridized carbons (Fsp3) is 0.429. The maximum absolute atomic E-state index is 3.56. The van der Waals surface area contributed by atoms with E-state index in [4.69, 9.17) is 0 Å². The number of nitrogens with one attached hydrogen (secondary N) is 3. The van der Waals surface area contributed by atoms with Crippen molar-refractivity contribution in [3.63, 3.8) is 0 Å². The normalized spacial score (nSPS) is 20.1. The van der Waals surface area contributed by atoms with Gasteiger partial charge in [-0.25, -0.2) is 0 Å². The van der Waals surface area contributed by atoms with Gasteiger partial charge in [0.2, 0.25) is 0 Å². The number of H-pyrrole nitrogens is 1. The Labute approximate surface area is 102 Å². The van der Waals surface area contributed by atoms with E-state index in [0.29, 0.717) is 0 Å². The highest BCUT2D eigenvalue weighted by Crippen LogP contribution is 2.17. The lowest BCUT2D eigenvalue weighted by atomic mass is 10.1. The Bertz CT molecular complexity index is 483. The van der Waals surface area contributed by atoms with Crippen molar-refractivity contribution in [3.8, 4) is 0 Å². The molecule has 3 nitrogen and oxygen atoms in total. The molecule has 1 atom stereocenters. The Balaban J connectivity index is 1.60. The zero-order valence-corrected chi connectivity index (χ0v) is 10.00. The minimum absolute atomic E-state index is 0.806. The van der Waals surface area contributed by atoms with Crippen molar-refractivity contribution in [1.29, 1.82) is 0 Å². The van der Waals surface area contributed by atoms with E-state index < -0.39 is 0 Å². The zero-order valence-electron chi connectivity index (χ0n) is 10.00. The van der Waals surface area contributed by atoms with E-state index >= 15 is 0 Å². The van der Waals surface area contributed by atoms with E-state index in [1.807, 2.05) is 0 Å². The Morgan fingerprint density at radius 1 is 1.29 bits per heavy atom. The van der Waals surface area contributed by atoms with Crippen LogP contribution in [0.25, 0.3) is 10.9 Å². The molecule has 3 N–H and O–H groups in total. The van der Waals surface area contributed by atoms with Gasteiger partial charge in [0.1, 0.15) is 0 Å². The SMILES string of the molecule is c1ccc2c(CNCC3CCNC3)c[nH]c2c1. The molecule has 2 aromatic rings. The van der Waals surface area contributed by atoms with E-state index in [0.717, 1.165) is 19.0 Å². The molecule has 1 unspecified atom stereocenters. The van der Waals surface area contributed by atoms with E-state index in [9.17, 15) is 0 Å². The number of hydrogen-bond acceptors (Lipinski definition) is 2. The quantitative estimate of drug-likeness (QED) is 0.749. The summed E-state index contributed by atoms with van der Waals surface area (Å²) in [5.41, 5.74) is 2.60. The van der Waals surface area contributed by atoms with Crippen molar-refractivity contribution >= 4 is 10.9 Å². The third-order valence-electron chi connectivity index (χ3n) is 3.59. The highest BCUT2D eigenvalue weighted by Gasteiger charge is 2.13. The molecule has 3 heteroatoms. The molecule has 1 aliphatic rings. The second kappa shape index (κ2) is 4.90. The summed E-state index contributed by atoms with van der Waals surface area (Å²) in [7, 11) is 0. The van der Waals surface area contributed by atoms with Crippen LogP contribution < -0.4 is 10.6 Å². The number of fused-ring (bicyclic) bond motifs is 1. The van der Waals surface area contributed by atoms with Gasteiger partial charge in [0.25, 0.3) is 0 Å². The van der Waals surface area contributed by atoms with Gasteiger partial charge in [-0.3, -0.25) is 0 Å². The van der Waals surface area contributed by atoms with Gasteiger partial charge in [-0.15, -0.1) is 0 Å². The second-order valence-electron chi connectivity index (χ2n) is 4.85. The molecule has 90 valence electrons. The number of aromatic amines is 1. The van der Waals surface area contributed by atoms with Gasteiger partial charge in [-0.05, 0) is 43.6 Å². The molecule has 0 radical (unpaired) electrons. The lowest BCUT2D eigenvalue weighted by Gasteiger charge is -2.09. The van der Waals surface area contributed by atoms with Gasteiger partial charge in [0.05, 0.1) is 0 Å². The monoisotopic (exact) mass is 229 g/mol. The third kappa shape index (κ3) is 2.35. The minimum Gasteiger partial charge on any atom is -0.361 e. The molecule has 3 rings (SSSR count). The van der Waals surface area contributed by atoms with Crippen molar-refractivity contribution < 1.29 is 0 Å². The number of hydrogen-bond donors (Lipinski definition) is 3. The van der Waals surface area contributed by atoms with Crippen LogP contribution in [0.1, 0.15) is 12.0 Å². The molecule has 1 aliphatic heterocycles. The standard InChI is InChI=1S/C14H19N3/c1-2-4-14-13(3-1)12(10-17-14)9-16-8-11-5-6-15-7-11/h1-4,10-11,15-17H,5-9H2. The molecule has 0 aliphatic carbocycles. The molecular weight excluding hydrogens is 210 g/mol. The molecule has 1 fully saturated rings. The van der Waals surface area contributed by atoms with Crippen LogP contribution in [0.3, 0.4) is 0 Å². The number of para-hydroxylation sites is 1. The van der Waals surface area contributed by atoms with Crippen LogP contribution in [0.15, 0.2) is 30.5 Å². The van der Waals surface area contributed by atoms with E-state index in [-0.39, 0.29) is 0 Å². The van der Waals surface area contributed by atoms with Crippen LogP contribution in [0.2, 0.25) is 0 Å². The fourth-order valence-electron chi connectivity index (χ4n) is 2.58. The molecule has 0 bridgehead atoms. The largest absolute Gasteiger partial charge is 0.361 e. The van der Waals surface area contributed by atoms with Gasteiger partial charge in [-0.1, -0.05) is 18.2 Å². The maximum Gasteiger partial charge on any atom is 0.0457 e. The lowest BCUT2D eigenvalue weighted by Crippen LogP contribution is -2.23. The van der Waals surface area contributed by atoms with Crippen molar-refractivity contribution in [2.75, 3.05) is 19.6 Å². The van der Waals surface area contributed by atoms with Crippen LogP contribution >= 0.6 is 0 Å². The topological polar surface area (TPSA) is 39.8 Å². The first-order chi connectivity index (χ1) is 8.43. The molecule has 1 aromatic carbocycles. The molecular formula is C14H19N3. The highest BCUT2D eigenvalue weighted by atomic mass is 14.9. The first-order valence-electron chi connectivity index (χ1n) is 6.40. The van der Waals surface area contributed by atoms with Crippen LogP contribution in [0, 0.1) is 5.92 Å². The summed E-state index contributed by atoms with van der Waals surface area (Å²) in [6.45, 7) is 4.42. The molecule has 2 heterocycles. The zero-order chi connectivity index (χ0) is 11.5. The first kappa shape index (κ1) is 10.8. The summed E-state index contributed by atoms with van der Waals surface area (Å²) in [6, 6.07) is 8.47. The predicted molar refractivity (Wildman–Crippen MR) is 71.0 cm³/mol. The number of aromatic nitrogens is 1. The first-order valence-corrected chi connectivity index (χ1v) is 6.40. The molecule has 1 saturated heterocycles. The van der Waals surface area contributed by atoms with E-state index in [1.54, 1.807) is 0 Å². The van der Waals surface area contributed by atoms with Crippen molar-refractivity contribution in [1.82, 2.24) is 15.6 Å². The number of benzene rings is 1.